The summed E-state index contributed by atoms with van der Waals surface area (Å²) >= 11 is 1.77. The number of thioether (sulfide) groups is 1. The van der Waals surface area contributed by atoms with Crippen molar-refractivity contribution in [3.05, 3.63) is 54.6 Å². The molecule has 17 heavy (non-hydrogen) atoms. The number of aromatic hydroxyl groups is 1. The molecule has 0 aliphatic heterocycles. The topological polar surface area (TPSA) is 29.5 Å². The summed E-state index contributed by atoms with van der Waals surface area (Å²) in [7, 11) is 0. The molecular weight excluding hydrogens is 232 g/mol. The molecule has 0 aromatic heterocycles. The Kier molecular flexibility index (Phi) is 4.33. The standard InChI is InChI=1S/C14H14O2S/c15-12-6-8-13(9-7-12)16-10-11-17-14-4-2-1-3-5-14/h1-9,15H,10-11H2. The summed E-state index contributed by atoms with van der Waals surface area (Å²) in [6.45, 7) is 0.657. The average Bonchev–Trinajstić information content (AvgIpc) is 2.38. The Morgan fingerprint density at radius 3 is 2.35 bits per heavy atom. The van der Waals surface area contributed by atoms with E-state index in [-0.39, 0.29) is 5.75 Å². The van der Waals surface area contributed by atoms with Gasteiger partial charge in [-0.1, -0.05) is 18.2 Å². The number of benzene rings is 2. The molecule has 0 unspecified atom stereocenters. The SMILES string of the molecule is Oc1ccc(OCCSc2ccccc2)cc1. The molecule has 2 aromatic carbocycles. The quantitative estimate of drug-likeness (QED) is 0.646. The summed E-state index contributed by atoms with van der Waals surface area (Å²) in [5, 5.41) is 9.12. The molecule has 0 radical (unpaired) electrons. The molecule has 0 fully saturated rings. The van der Waals surface area contributed by atoms with Gasteiger partial charge in [0.15, 0.2) is 0 Å². The molecule has 1 N–H and O–H groups in total. The van der Waals surface area contributed by atoms with Crippen LogP contribution in [0.1, 0.15) is 0 Å². The van der Waals surface area contributed by atoms with E-state index in [0.29, 0.717) is 6.61 Å². The van der Waals surface area contributed by atoms with Crippen molar-refractivity contribution in [2.45, 2.75) is 4.90 Å². The summed E-state index contributed by atoms with van der Waals surface area (Å²) in [6, 6.07) is 17.0. The fourth-order valence-electron chi connectivity index (χ4n) is 1.38. The minimum absolute atomic E-state index is 0.260. The molecule has 0 heterocycles. The molecule has 0 atom stereocenters. The third kappa shape index (κ3) is 4.04. The highest BCUT2D eigenvalue weighted by Crippen LogP contribution is 2.18. The van der Waals surface area contributed by atoms with E-state index in [1.165, 1.54) is 4.90 Å². The van der Waals surface area contributed by atoms with Crippen molar-refractivity contribution < 1.29 is 9.84 Å². The lowest BCUT2D eigenvalue weighted by Crippen LogP contribution is -1.99. The zero-order chi connectivity index (χ0) is 11.9. The van der Waals surface area contributed by atoms with Crippen LogP contribution in [0.5, 0.6) is 11.5 Å². The van der Waals surface area contributed by atoms with Crippen molar-refractivity contribution >= 4 is 11.8 Å². The van der Waals surface area contributed by atoms with Gasteiger partial charge in [-0.25, -0.2) is 0 Å². The van der Waals surface area contributed by atoms with Gasteiger partial charge in [0.1, 0.15) is 11.5 Å². The predicted octanol–water partition coefficient (Wildman–Crippen LogP) is 3.56. The monoisotopic (exact) mass is 246 g/mol. The third-order valence-electron chi connectivity index (χ3n) is 2.20. The first-order chi connectivity index (χ1) is 8.34. The second-order valence-electron chi connectivity index (χ2n) is 3.50. The van der Waals surface area contributed by atoms with Gasteiger partial charge in [-0.05, 0) is 36.4 Å². The number of hydrogen-bond donors (Lipinski definition) is 1. The normalized spacial score (nSPS) is 10.1. The van der Waals surface area contributed by atoms with Gasteiger partial charge in [-0.3, -0.25) is 0 Å². The van der Waals surface area contributed by atoms with Gasteiger partial charge in [-0.2, -0.15) is 0 Å². The van der Waals surface area contributed by atoms with Crippen LogP contribution in [0.3, 0.4) is 0 Å². The number of ether oxygens (including phenoxy) is 1. The van der Waals surface area contributed by atoms with E-state index in [0.717, 1.165) is 11.5 Å². The Balaban J connectivity index is 1.71. The maximum Gasteiger partial charge on any atom is 0.119 e. The molecule has 0 saturated heterocycles. The van der Waals surface area contributed by atoms with E-state index in [1.807, 2.05) is 18.2 Å². The maximum atomic E-state index is 9.12. The first-order valence-electron chi connectivity index (χ1n) is 5.44. The molecule has 0 aliphatic rings. The van der Waals surface area contributed by atoms with Gasteiger partial charge < -0.3 is 9.84 Å². The van der Waals surface area contributed by atoms with Crippen molar-refractivity contribution in [1.29, 1.82) is 0 Å². The highest BCUT2D eigenvalue weighted by atomic mass is 32.2. The van der Waals surface area contributed by atoms with Gasteiger partial charge in [0, 0.05) is 10.6 Å². The smallest absolute Gasteiger partial charge is 0.119 e. The van der Waals surface area contributed by atoms with Crippen LogP contribution in [-0.2, 0) is 0 Å². The second-order valence-corrected chi connectivity index (χ2v) is 4.67. The summed E-state index contributed by atoms with van der Waals surface area (Å²) in [4.78, 5) is 1.25. The minimum Gasteiger partial charge on any atom is -0.508 e. The fourth-order valence-corrected chi connectivity index (χ4v) is 2.13. The van der Waals surface area contributed by atoms with E-state index in [1.54, 1.807) is 36.0 Å². The van der Waals surface area contributed by atoms with Crippen molar-refractivity contribution in [1.82, 2.24) is 0 Å². The number of hydrogen-bond acceptors (Lipinski definition) is 3. The highest BCUT2D eigenvalue weighted by molar-refractivity contribution is 7.99. The first-order valence-corrected chi connectivity index (χ1v) is 6.43. The Morgan fingerprint density at radius 1 is 0.941 bits per heavy atom. The van der Waals surface area contributed by atoms with Crippen LogP contribution in [0.2, 0.25) is 0 Å². The molecule has 0 bridgehead atoms. The Bertz CT molecular complexity index is 440. The van der Waals surface area contributed by atoms with Crippen LogP contribution in [0.4, 0.5) is 0 Å². The van der Waals surface area contributed by atoms with Crippen LogP contribution >= 0.6 is 11.8 Å². The van der Waals surface area contributed by atoms with Crippen molar-refractivity contribution in [2.75, 3.05) is 12.4 Å². The Hall–Kier alpha value is -1.61. The molecule has 3 heteroatoms. The molecule has 2 rings (SSSR count). The largest absolute Gasteiger partial charge is 0.508 e. The summed E-state index contributed by atoms with van der Waals surface area (Å²) in [5.74, 6) is 1.96. The van der Waals surface area contributed by atoms with E-state index in [9.17, 15) is 0 Å². The van der Waals surface area contributed by atoms with Crippen molar-refractivity contribution in [2.24, 2.45) is 0 Å². The molecule has 2 aromatic rings. The van der Waals surface area contributed by atoms with Crippen molar-refractivity contribution in [3.63, 3.8) is 0 Å². The molecule has 2 nitrogen and oxygen atoms in total. The van der Waals surface area contributed by atoms with Gasteiger partial charge in [0.2, 0.25) is 0 Å². The molecule has 0 saturated carbocycles. The lowest BCUT2D eigenvalue weighted by molar-refractivity contribution is 0.343. The molecule has 0 amide bonds. The minimum atomic E-state index is 0.260. The lowest BCUT2D eigenvalue weighted by Gasteiger charge is -2.05. The summed E-state index contributed by atoms with van der Waals surface area (Å²) in [6.07, 6.45) is 0. The molecular formula is C14H14O2S. The van der Waals surface area contributed by atoms with Crippen LogP contribution in [0.25, 0.3) is 0 Å². The van der Waals surface area contributed by atoms with Gasteiger partial charge in [0.25, 0.3) is 0 Å². The third-order valence-corrected chi connectivity index (χ3v) is 3.18. The van der Waals surface area contributed by atoms with E-state index >= 15 is 0 Å². The number of phenols is 1. The van der Waals surface area contributed by atoms with Gasteiger partial charge in [-0.15, -0.1) is 11.8 Å². The van der Waals surface area contributed by atoms with E-state index in [2.05, 4.69) is 12.1 Å². The molecule has 0 spiro atoms. The van der Waals surface area contributed by atoms with Crippen LogP contribution in [0.15, 0.2) is 59.5 Å². The van der Waals surface area contributed by atoms with E-state index < -0.39 is 0 Å². The van der Waals surface area contributed by atoms with Crippen molar-refractivity contribution in [3.8, 4) is 11.5 Å². The Morgan fingerprint density at radius 2 is 1.65 bits per heavy atom. The fraction of sp³-hybridized carbons (Fsp3) is 0.143. The Labute approximate surface area is 105 Å². The highest BCUT2D eigenvalue weighted by Gasteiger charge is 1.95. The van der Waals surface area contributed by atoms with Crippen LogP contribution in [-0.4, -0.2) is 17.5 Å². The van der Waals surface area contributed by atoms with Gasteiger partial charge >= 0.3 is 0 Å². The number of phenolic OH excluding ortho intramolecular Hbond substituents is 1. The summed E-state index contributed by atoms with van der Waals surface area (Å²) < 4.78 is 5.55. The van der Waals surface area contributed by atoms with Crippen LogP contribution < -0.4 is 4.74 Å². The zero-order valence-corrected chi connectivity index (χ0v) is 10.2. The van der Waals surface area contributed by atoms with Crippen LogP contribution in [0, 0.1) is 0 Å². The van der Waals surface area contributed by atoms with Gasteiger partial charge in [0.05, 0.1) is 6.61 Å². The second kappa shape index (κ2) is 6.21. The maximum absolute atomic E-state index is 9.12. The number of rotatable bonds is 5. The molecule has 88 valence electrons. The first kappa shape index (κ1) is 11.9. The zero-order valence-electron chi connectivity index (χ0n) is 9.37. The summed E-state index contributed by atoms with van der Waals surface area (Å²) in [5.41, 5.74) is 0. The lowest BCUT2D eigenvalue weighted by atomic mass is 10.3. The predicted molar refractivity (Wildman–Crippen MR) is 70.8 cm³/mol. The van der Waals surface area contributed by atoms with E-state index in [4.69, 9.17) is 9.84 Å². The average molecular weight is 246 g/mol. The molecule has 0 aliphatic carbocycles.